The minimum absolute atomic E-state index is 0.563. The van der Waals surface area contributed by atoms with Gasteiger partial charge in [-0.25, -0.2) is 0 Å². The maximum Gasteiger partial charge on any atom is 0.0243 e. The third kappa shape index (κ3) is 5.40. The van der Waals surface area contributed by atoms with Crippen molar-refractivity contribution in [3.05, 3.63) is 12.7 Å². The van der Waals surface area contributed by atoms with Crippen LogP contribution < -0.4 is 5.32 Å². The quantitative estimate of drug-likeness (QED) is 0.630. The molecule has 0 aliphatic carbocycles. The van der Waals surface area contributed by atoms with Crippen molar-refractivity contribution in [2.24, 2.45) is 5.92 Å². The summed E-state index contributed by atoms with van der Waals surface area (Å²) in [5.41, 5.74) is 0. The van der Waals surface area contributed by atoms with Gasteiger partial charge in [-0.3, -0.25) is 4.90 Å². The van der Waals surface area contributed by atoms with Crippen LogP contribution in [-0.2, 0) is 0 Å². The molecule has 0 amide bonds. The zero-order valence-electron chi connectivity index (χ0n) is 10.4. The van der Waals surface area contributed by atoms with Crippen molar-refractivity contribution in [2.45, 2.75) is 39.8 Å². The van der Waals surface area contributed by atoms with Crippen molar-refractivity contribution in [1.82, 2.24) is 10.2 Å². The van der Waals surface area contributed by atoms with Crippen LogP contribution in [0, 0.1) is 5.92 Å². The van der Waals surface area contributed by atoms with Crippen LogP contribution in [0.1, 0.15) is 27.7 Å². The van der Waals surface area contributed by atoms with E-state index in [1.807, 2.05) is 6.08 Å². The first-order valence-corrected chi connectivity index (χ1v) is 5.53. The maximum absolute atomic E-state index is 3.78. The molecule has 1 atom stereocenters. The minimum Gasteiger partial charge on any atom is -0.313 e. The molecule has 1 unspecified atom stereocenters. The lowest BCUT2D eigenvalue weighted by atomic mass is 10.0. The third-order valence-electron chi connectivity index (χ3n) is 2.49. The number of hydrogen-bond acceptors (Lipinski definition) is 2. The standard InChI is InChI=1S/C12H26N2/c1-7-8-14(6)12(10(2)3)9-13-11(4)5/h7,10-13H,1,8-9H2,2-6H3. The average molecular weight is 198 g/mol. The molecule has 0 spiro atoms. The fourth-order valence-electron chi connectivity index (χ4n) is 1.60. The van der Waals surface area contributed by atoms with E-state index in [0.717, 1.165) is 13.1 Å². The van der Waals surface area contributed by atoms with Gasteiger partial charge in [0.05, 0.1) is 0 Å². The van der Waals surface area contributed by atoms with Crippen LogP contribution in [0.4, 0.5) is 0 Å². The summed E-state index contributed by atoms with van der Waals surface area (Å²) in [6.07, 6.45) is 1.96. The number of nitrogens with one attached hydrogen (secondary N) is 1. The molecule has 2 nitrogen and oxygen atoms in total. The normalized spacial score (nSPS) is 14.0. The van der Waals surface area contributed by atoms with Gasteiger partial charge in [0.2, 0.25) is 0 Å². The van der Waals surface area contributed by atoms with Crippen LogP contribution in [0.2, 0.25) is 0 Å². The summed E-state index contributed by atoms with van der Waals surface area (Å²) in [5.74, 6) is 0.672. The van der Waals surface area contributed by atoms with Crippen LogP contribution in [0.15, 0.2) is 12.7 Å². The lowest BCUT2D eigenvalue weighted by Gasteiger charge is -2.31. The van der Waals surface area contributed by atoms with E-state index in [1.165, 1.54) is 0 Å². The maximum atomic E-state index is 3.78. The van der Waals surface area contributed by atoms with Crippen LogP contribution in [0.5, 0.6) is 0 Å². The van der Waals surface area contributed by atoms with Gasteiger partial charge in [-0.2, -0.15) is 0 Å². The highest BCUT2D eigenvalue weighted by molar-refractivity contribution is 4.80. The van der Waals surface area contributed by atoms with Crippen LogP contribution in [0.3, 0.4) is 0 Å². The zero-order chi connectivity index (χ0) is 11.1. The molecule has 0 aromatic heterocycles. The molecule has 0 heterocycles. The van der Waals surface area contributed by atoms with Gasteiger partial charge in [0.1, 0.15) is 0 Å². The number of hydrogen-bond donors (Lipinski definition) is 1. The van der Waals surface area contributed by atoms with E-state index in [2.05, 4.69) is 51.5 Å². The van der Waals surface area contributed by atoms with Gasteiger partial charge < -0.3 is 5.32 Å². The molecule has 14 heavy (non-hydrogen) atoms. The van der Waals surface area contributed by atoms with E-state index in [-0.39, 0.29) is 0 Å². The van der Waals surface area contributed by atoms with Crippen molar-refractivity contribution in [3.63, 3.8) is 0 Å². The van der Waals surface area contributed by atoms with E-state index in [4.69, 9.17) is 0 Å². The minimum atomic E-state index is 0.563. The smallest absolute Gasteiger partial charge is 0.0243 e. The van der Waals surface area contributed by atoms with E-state index in [0.29, 0.717) is 18.0 Å². The van der Waals surface area contributed by atoms with Crippen molar-refractivity contribution < 1.29 is 0 Å². The van der Waals surface area contributed by atoms with Crippen molar-refractivity contribution in [1.29, 1.82) is 0 Å². The molecule has 84 valence electrons. The fraction of sp³-hybridized carbons (Fsp3) is 0.833. The second kappa shape index (κ2) is 7.02. The molecule has 0 bridgehead atoms. The zero-order valence-corrected chi connectivity index (χ0v) is 10.4. The van der Waals surface area contributed by atoms with E-state index >= 15 is 0 Å². The van der Waals surface area contributed by atoms with Crippen LogP contribution in [-0.4, -0.2) is 37.1 Å². The molecule has 0 rings (SSSR count). The molecular weight excluding hydrogens is 172 g/mol. The Morgan fingerprint density at radius 2 is 1.86 bits per heavy atom. The summed E-state index contributed by atoms with van der Waals surface area (Å²) in [7, 11) is 2.16. The predicted octanol–water partition coefficient (Wildman–Crippen LogP) is 2.13. The van der Waals surface area contributed by atoms with E-state index in [1.54, 1.807) is 0 Å². The van der Waals surface area contributed by atoms with Gasteiger partial charge >= 0.3 is 0 Å². The second-order valence-electron chi connectivity index (χ2n) is 4.60. The fourth-order valence-corrected chi connectivity index (χ4v) is 1.60. The van der Waals surface area contributed by atoms with Crippen molar-refractivity contribution >= 4 is 0 Å². The largest absolute Gasteiger partial charge is 0.313 e. The van der Waals surface area contributed by atoms with Crippen molar-refractivity contribution in [2.75, 3.05) is 20.1 Å². The first kappa shape index (κ1) is 13.7. The highest BCUT2D eigenvalue weighted by Gasteiger charge is 2.17. The molecule has 0 fully saturated rings. The molecule has 2 heteroatoms. The van der Waals surface area contributed by atoms with E-state index < -0.39 is 0 Å². The SMILES string of the molecule is C=CCN(C)C(CNC(C)C)C(C)C. The van der Waals surface area contributed by atoms with Crippen LogP contribution >= 0.6 is 0 Å². The topological polar surface area (TPSA) is 15.3 Å². The second-order valence-corrected chi connectivity index (χ2v) is 4.60. The summed E-state index contributed by atoms with van der Waals surface area (Å²) in [6, 6.07) is 1.16. The number of likely N-dealkylation sites (N-methyl/N-ethyl adjacent to an activating group) is 1. The van der Waals surface area contributed by atoms with Crippen molar-refractivity contribution in [3.8, 4) is 0 Å². The third-order valence-corrected chi connectivity index (χ3v) is 2.49. The first-order valence-electron chi connectivity index (χ1n) is 5.53. The Labute approximate surface area is 89.4 Å². The Kier molecular flexibility index (Phi) is 6.85. The summed E-state index contributed by atoms with van der Waals surface area (Å²) >= 11 is 0. The molecule has 0 radical (unpaired) electrons. The summed E-state index contributed by atoms with van der Waals surface area (Å²) in [6.45, 7) is 14.7. The summed E-state index contributed by atoms with van der Waals surface area (Å²) in [4.78, 5) is 2.35. The molecule has 0 saturated heterocycles. The Morgan fingerprint density at radius 1 is 1.29 bits per heavy atom. The van der Waals surface area contributed by atoms with Gasteiger partial charge in [-0.15, -0.1) is 6.58 Å². The lowest BCUT2D eigenvalue weighted by molar-refractivity contribution is 0.201. The highest BCUT2D eigenvalue weighted by Crippen LogP contribution is 2.08. The predicted molar refractivity (Wildman–Crippen MR) is 64.6 cm³/mol. The molecule has 0 aromatic carbocycles. The molecule has 0 saturated carbocycles. The molecular formula is C12H26N2. The first-order chi connectivity index (χ1) is 6.49. The highest BCUT2D eigenvalue weighted by atomic mass is 15.1. The Morgan fingerprint density at radius 3 is 2.21 bits per heavy atom. The number of rotatable bonds is 7. The lowest BCUT2D eigenvalue weighted by Crippen LogP contribution is -2.45. The monoisotopic (exact) mass is 198 g/mol. The van der Waals surface area contributed by atoms with Gasteiger partial charge in [0.25, 0.3) is 0 Å². The summed E-state index contributed by atoms with van der Waals surface area (Å²) in [5, 5.41) is 3.49. The Bertz CT molecular complexity index is 152. The van der Waals surface area contributed by atoms with Crippen LogP contribution in [0.25, 0.3) is 0 Å². The van der Waals surface area contributed by atoms with Gasteiger partial charge in [0.15, 0.2) is 0 Å². The Hall–Kier alpha value is -0.340. The number of nitrogens with zero attached hydrogens (tertiary/aromatic N) is 1. The molecule has 0 aliphatic rings. The van der Waals surface area contributed by atoms with Gasteiger partial charge in [-0.1, -0.05) is 33.8 Å². The molecule has 0 aliphatic heterocycles. The van der Waals surface area contributed by atoms with Gasteiger partial charge in [0, 0.05) is 25.2 Å². The molecule has 1 N–H and O–H groups in total. The summed E-state index contributed by atoms with van der Waals surface area (Å²) < 4.78 is 0. The Balaban J connectivity index is 4.07. The van der Waals surface area contributed by atoms with Gasteiger partial charge in [-0.05, 0) is 13.0 Å². The average Bonchev–Trinajstić information content (AvgIpc) is 2.03. The van der Waals surface area contributed by atoms with E-state index in [9.17, 15) is 0 Å². The molecule has 0 aromatic rings.